The summed E-state index contributed by atoms with van der Waals surface area (Å²) >= 11 is 0. The molecule has 2 aromatic carbocycles. The molecule has 0 fully saturated rings. The first-order valence-electron chi connectivity index (χ1n) is 9.09. The van der Waals surface area contributed by atoms with Crippen molar-refractivity contribution in [1.82, 2.24) is 0 Å². The van der Waals surface area contributed by atoms with Gasteiger partial charge in [0.2, 0.25) is 12.4 Å². The zero-order valence-electron chi connectivity index (χ0n) is 16.6. The van der Waals surface area contributed by atoms with Crippen LogP contribution in [-0.4, -0.2) is 11.4 Å². The second-order valence-electron chi connectivity index (χ2n) is 6.46. The molecule has 0 amide bonds. The Labute approximate surface area is 188 Å². The maximum atomic E-state index is 12.7. The van der Waals surface area contributed by atoms with Crippen LogP contribution in [0.5, 0.6) is 11.5 Å². The van der Waals surface area contributed by atoms with Gasteiger partial charge in [-0.3, -0.25) is 0 Å². The fraction of sp³-hybridized carbons (Fsp3) is 0.0909. The van der Waals surface area contributed by atoms with Gasteiger partial charge in [0.05, 0.1) is 11.1 Å². The molecule has 0 radical (unpaired) electrons. The lowest BCUT2D eigenvalue weighted by Gasteiger charge is -2.18. The quantitative estimate of drug-likeness (QED) is 0.317. The van der Waals surface area contributed by atoms with Crippen LogP contribution in [0, 0.1) is 22.9 Å². The van der Waals surface area contributed by atoms with Crippen molar-refractivity contribution < 1.29 is 35.8 Å². The maximum absolute atomic E-state index is 12.7. The van der Waals surface area contributed by atoms with Crippen LogP contribution in [0.4, 0.5) is 26.3 Å². The number of alkyl halides is 6. The van der Waals surface area contributed by atoms with E-state index in [1.807, 2.05) is 0 Å². The molecule has 12 heteroatoms. The topological polar surface area (TPSA) is 90.8 Å². The molecule has 3 rings (SSSR count). The maximum Gasteiger partial charge on any atom is 0.416 e. The molecule has 2 aromatic rings. The minimum absolute atomic E-state index is 0.0262. The zero-order chi connectivity index (χ0) is 24.9. The van der Waals surface area contributed by atoms with Crippen molar-refractivity contribution >= 4 is 11.4 Å². The Hall–Kier alpha value is -4.58. The normalized spacial score (nSPS) is 16.4. The third kappa shape index (κ3) is 5.81. The van der Waals surface area contributed by atoms with Gasteiger partial charge >= 0.3 is 12.4 Å². The first kappa shape index (κ1) is 24.1. The molecule has 6 nitrogen and oxygen atoms in total. The Morgan fingerprint density at radius 1 is 0.588 bits per heavy atom. The number of benzene rings is 2. The molecule has 0 N–H and O–H groups in total. The Morgan fingerprint density at radius 3 is 1.18 bits per heavy atom. The van der Waals surface area contributed by atoms with Crippen molar-refractivity contribution in [1.29, 1.82) is 10.5 Å². The largest absolute Gasteiger partial charge is 0.455 e. The van der Waals surface area contributed by atoms with E-state index in [4.69, 9.17) is 20.0 Å². The van der Waals surface area contributed by atoms with E-state index >= 15 is 0 Å². The van der Waals surface area contributed by atoms with Gasteiger partial charge in [0.1, 0.15) is 22.9 Å². The summed E-state index contributed by atoms with van der Waals surface area (Å²) in [7, 11) is 0. The molecule has 0 bridgehead atoms. The fourth-order valence-corrected chi connectivity index (χ4v) is 2.66. The molecule has 0 aromatic heterocycles. The Bertz CT molecular complexity index is 1170. The number of nitriles is 2. The molecule has 0 aliphatic heterocycles. The van der Waals surface area contributed by atoms with Crippen LogP contribution in [0.3, 0.4) is 0 Å². The number of rotatable bonds is 4. The van der Waals surface area contributed by atoms with E-state index in [0.717, 1.165) is 60.7 Å². The summed E-state index contributed by atoms with van der Waals surface area (Å²) in [6, 6.07) is 7.36. The highest BCUT2D eigenvalue weighted by atomic mass is 19.4. The second kappa shape index (κ2) is 9.50. The smallest absolute Gasteiger partial charge is 0.416 e. The third-order valence-corrected chi connectivity index (χ3v) is 4.20. The van der Waals surface area contributed by atoms with E-state index in [9.17, 15) is 26.3 Å². The number of aliphatic imine (C=N–C) groups is 2. The van der Waals surface area contributed by atoms with E-state index in [1.54, 1.807) is 0 Å². The van der Waals surface area contributed by atoms with Crippen LogP contribution in [-0.2, 0) is 12.4 Å². The summed E-state index contributed by atoms with van der Waals surface area (Å²) in [6.45, 7) is 0. The Morgan fingerprint density at radius 2 is 0.912 bits per heavy atom. The van der Waals surface area contributed by atoms with Gasteiger partial charge in [0.25, 0.3) is 0 Å². The standard InChI is InChI=1S/C22H10F6N4O2/c23-21(24,25)13-1-5-15(6-2-13)33-19-9-18(32-12-30)20(10-17(19)31-11-29)34-16-7-3-14(4-8-16)22(26,27)28/h1-10H/b31-17+,32-18+. The lowest BCUT2D eigenvalue weighted by molar-refractivity contribution is -0.138. The van der Waals surface area contributed by atoms with E-state index in [1.165, 1.54) is 12.4 Å². The molecule has 172 valence electrons. The van der Waals surface area contributed by atoms with Gasteiger partial charge in [-0.05, 0) is 48.5 Å². The van der Waals surface area contributed by atoms with Crippen molar-refractivity contribution in [3.8, 4) is 23.9 Å². The minimum Gasteiger partial charge on any atom is -0.455 e. The Kier molecular flexibility index (Phi) is 6.73. The van der Waals surface area contributed by atoms with Crippen molar-refractivity contribution in [2.24, 2.45) is 9.98 Å². The summed E-state index contributed by atoms with van der Waals surface area (Å²) in [5.41, 5.74) is -2.05. The average Bonchev–Trinajstić information content (AvgIpc) is 2.76. The number of nitrogens with zero attached hydrogens (tertiary/aromatic N) is 4. The number of allylic oxidation sites excluding steroid dienone is 2. The third-order valence-electron chi connectivity index (χ3n) is 4.20. The first-order valence-corrected chi connectivity index (χ1v) is 9.09. The molecule has 1 aliphatic rings. The monoisotopic (exact) mass is 476 g/mol. The van der Waals surface area contributed by atoms with Crippen LogP contribution in [0.25, 0.3) is 0 Å². The van der Waals surface area contributed by atoms with Gasteiger partial charge in [0.15, 0.2) is 11.5 Å². The summed E-state index contributed by atoms with van der Waals surface area (Å²) in [4.78, 5) is 7.11. The molecule has 1 aliphatic carbocycles. The molecular weight excluding hydrogens is 466 g/mol. The van der Waals surface area contributed by atoms with E-state index in [0.29, 0.717) is 0 Å². The van der Waals surface area contributed by atoms with E-state index in [-0.39, 0.29) is 34.4 Å². The second-order valence-corrected chi connectivity index (χ2v) is 6.46. The first-order chi connectivity index (χ1) is 16.0. The predicted molar refractivity (Wildman–Crippen MR) is 106 cm³/mol. The summed E-state index contributed by atoms with van der Waals surface area (Å²) in [5, 5.41) is 18.0. The zero-order valence-corrected chi connectivity index (χ0v) is 16.6. The fourth-order valence-electron chi connectivity index (χ4n) is 2.66. The summed E-state index contributed by atoms with van der Waals surface area (Å²) < 4.78 is 87.5. The van der Waals surface area contributed by atoms with Gasteiger partial charge in [-0.25, -0.2) is 0 Å². The Balaban J connectivity index is 1.90. The van der Waals surface area contributed by atoms with Crippen molar-refractivity contribution in [2.45, 2.75) is 12.4 Å². The van der Waals surface area contributed by atoms with Crippen molar-refractivity contribution in [2.75, 3.05) is 0 Å². The highest BCUT2D eigenvalue weighted by molar-refractivity contribution is 6.22. The molecule has 0 spiro atoms. The predicted octanol–water partition coefficient (Wildman–Crippen LogP) is 5.81. The molecule has 0 saturated heterocycles. The van der Waals surface area contributed by atoms with Crippen molar-refractivity contribution in [3.05, 3.63) is 83.3 Å². The lowest BCUT2D eigenvalue weighted by Crippen LogP contribution is -2.20. The molecule has 0 atom stereocenters. The molecule has 0 heterocycles. The van der Waals surface area contributed by atoms with Crippen LogP contribution >= 0.6 is 0 Å². The number of hydrogen-bond acceptors (Lipinski definition) is 6. The van der Waals surface area contributed by atoms with E-state index in [2.05, 4.69) is 9.98 Å². The number of ether oxygens (including phenoxy) is 2. The van der Waals surface area contributed by atoms with Gasteiger partial charge in [-0.1, -0.05) is 0 Å². The summed E-state index contributed by atoms with van der Waals surface area (Å²) in [5.74, 6) is -0.312. The van der Waals surface area contributed by atoms with Crippen LogP contribution in [0.1, 0.15) is 11.1 Å². The molecule has 0 saturated carbocycles. The SMILES string of the molecule is N#C/N=C1C=C(Oc2ccc(C(F)(F)F)cc2)/C(=N/C#N)C=C\1Oc1ccc(C(F)(F)F)cc1. The van der Waals surface area contributed by atoms with Crippen LogP contribution in [0.15, 0.2) is 82.2 Å². The van der Waals surface area contributed by atoms with Crippen LogP contribution in [0.2, 0.25) is 0 Å². The van der Waals surface area contributed by atoms with Gasteiger partial charge in [0, 0.05) is 12.2 Å². The highest BCUT2D eigenvalue weighted by Gasteiger charge is 2.31. The average molecular weight is 476 g/mol. The number of halogens is 6. The van der Waals surface area contributed by atoms with Crippen LogP contribution < -0.4 is 9.47 Å². The summed E-state index contributed by atoms with van der Waals surface area (Å²) in [6.07, 6.45) is -3.74. The minimum atomic E-state index is -4.55. The van der Waals surface area contributed by atoms with Crippen molar-refractivity contribution in [3.63, 3.8) is 0 Å². The number of hydrogen-bond donors (Lipinski definition) is 0. The van der Waals surface area contributed by atoms with Gasteiger partial charge < -0.3 is 9.47 Å². The highest BCUT2D eigenvalue weighted by Crippen LogP contribution is 2.32. The van der Waals surface area contributed by atoms with E-state index < -0.39 is 23.5 Å². The van der Waals surface area contributed by atoms with Gasteiger partial charge in [-0.15, -0.1) is 0 Å². The molecule has 34 heavy (non-hydrogen) atoms. The molecular formula is C22H10F6N4O2. The molecule has 0 unspecified atom stereocenters. The van der Waals surface area contributed by atoms with Gasteiger partial charge in [-0.2, -0.15) is 46.9 Å². The lowest BCUT2D eigenvalue weighted by atomic mass is 10.1.